The molecule has 0 aliphatic carbocycles. The van der Waals surface area contributed by atoms with Crippen LogP contribution in [0.25, 0.3) is 21.7 Å². The molecule has 0 fully saturated rings. The summed E-state index contributed by atoms with van der Waals surface area (Å²) in [4.78, 5) is 23.9. The third-order valence-corrected chi connectivity index (χ3v) is 5.78. The standard InChI is InChI=1S/C19H17N7OS/c1-11-16-22-23-17(18-20-12(2)24-28-18)26(16)10-9-25(11)19(27)15-8-7-13-5-3-4-6-14(13)21-15/h3-8,11H,9-10H2,1-2H3/t11-/m1/s1. The molecule has 9 heteroatoms. The summed E-state index contributed by atoms with van der Waals surface area (Å²) in [5, 5.41) is 10.4. The number of aryl methyl sites for hydroxylation is 1. The first-order valence-electron chi connectivity index (χ1n) is 9.02. The minimum absolute atomic E-state index is 0.0965. The van der Waals surface area contributed by atoms with E-state index in [0.29, 0.717) is 24.6 Å². The Morgan fingerprint density at radius 2 is 1.96 bits per heavy atom. The Bertz CT molecular complexity index is 1200. The number of rotatable bonds is 2. The van der Waals surface area contributed by atoms with Crippen molar-refractivity contribution in [2.24, 2.45) is 0 Å². The van der Waals surface area contributed by atoms with E-state index in [9.17, 15) is 4.79 Å². The van der Waals surface area contributed by atoms with Gasteiger partial charge in [0.2, 0.25) is 0 Å². The Morgan fingerprint density at radius 3 is 2.79 bits per heavy atom. The lowest BCUT2D eigenvalue weighted by atomic mass is 10.1. The average Bonchev–Trinajstić information content (AvgIpc) is 3.34. The summed E-state index contributed by atoms with van der Waals surface area (Å²) in [7, 11) is 0. The number of para-hydroxylation sites is 1. The third kappa shape index (κ3) is 2.66. The zero-order chi connectivity index (χ0) is 19.3. The second kappa shape index (κ2) is 6.45. The van der Waals surface area contributed by atoms with E-state index < -0.39 is 0 Å². The summed E-state index contributed by atoms with van der Waals surface area (Å²) >= 11 is 1.31. The summed E-state index contributed by atoms with van der Waals surface area (Å²) in [6, 6.07) is 11.3. The van der Waals surface area contributed by atoms with Crippen molar-refractivity contribution in [3.63, 3.8) is 0 Å². The third-order valence-electron chi connectivity index (χ3n) is 4.98. The quantitative estimate of drug-likeness (QED) is 0.522. The minimum atomic E-state index is -0.204. The van der Waals surface area contributed by atoms with Crippen LogP contribution in [-0.4, -0.2) is 46.5 Å². The van der Waals surface area contributed by atoms with Crippen LogP contribution < -0.4 is 0 Å². The van der Waals surface area contributed by atoms with E-state index in [1.54, 1.807) is 11.0 Å². The maximum absolute atomic E-state index is 13.1. The number of aromatic nitrogens is 6. The van der Waals surface area contributed by atoms with Gasteiger partial charge in [0, 0.05) is 18.5 Å². The molecule has 0 spiro atoms. The molecule has 0 N–H and O–H groups in total. The molecular formula is C19H17N7OS. The van der Waals surface area contributed by atoms with Crippen LogP contribution in [0, 0.1) is 6.92 Å². The average molecular weight is 391 g/mol. The lowest BCUT2D eigenvalue weighted by Gasteiger charge is -2.33. The van der Waals surface area contributed by atoms with E-state index in [1.165, 1.54) is 11.5 Å². The molecule has 1 aromatic carbocycles. The number of pyridine rings is 1. The van der Waals surface area contributed by atoms with Gasteiger partial charge in [0.25, 0.3) is 5.91 Å². The highest BCUT2D eigenvalue weighted by Crippen LogP contribution is 2.30. The monoisotopic (exact) mass is 391 g/mol. The molecule has 28 heavy (non-hydrogen) atoms. The molecule has 1 amide bonds. The van der Waals surface area contributed by atoms with Crippen LogP contribution in [-0.2, 0) is 6.54 Å². The summed E-state index contributed by atoms with van der Waals surface area (Å²) in [5.74, 6) is 2.09. The number of nitrogens with zero attached hydrogens (tertiary/aromatic N) is 7. The molecule has 3 aromatic heterocycles. The number of benzene rings is 1. The van der Waals surface area contributed by atoms with Gasteiger partial charge in [-0.2, -0.15) is 4.37 Å². The molecule has 0 saturated heterocycles. The van der Waals surface area contributed by atoms with Crippen molar-refractivity contribution in [2.75, 3.05) is 6.54 Å². The fourth-order valence-electron chi connectivity index (χ4n) is 3.54. The maximum atomic E-state index is 13.1. The van der Waals surface area contributed by atoms with Crippen molar-refractivity contribution < 1.29 is 4.79 Å². The lowest BCUT2D eigenvalue weighted by molar-refractivity contribution is 0.0633. The van der Waals surface area contributed by atoms with E-state index >= 15 is 0 Å². The predicted octanol–water partition coefficient (Wildman–Crippen LogP) is 2.87. The first kappa shape index (κ1) is 16.9. The van der Waals surface area contributed by atoms with Gasteiger partial charge < -0.3 is 9.47 Å². The number of carbonyl (C=O) groups excluding carboxylic acids is 1. The van der Waals surface area contributed by atoms with Crippen LogP contribution in [0.3, 0.4) is 0 Å². The van der Waals surface area contributed by atoms with Gasteiger partial charge >= 0.3 is 0 Å². The van der Waals surface area contributed by atoms with Crippen molar-refractivity contribution in [2.45, 2.75) is 26.4 Å². The molecule has 0 unspecified atom stereocenters. The van der Waals surface area contributed by atoms with Gasteiger partial charge in [-0.25, -0.2) is 9.97 Å². The molecule has 0 radical (unpaired) electrons. The Morgan fingerprint density at radius 1 is 1.11 bits per heavy atom. The molecule has 140 valence electrons. The van der Waals surface area contributed by atoms with Crippen molar-refractivity contribution in [3.8, 4) is 10.8 Å². The second-order valence-electron chi connectivity index (χ2n) is 6.74. The van der Waals surface area contributed by atoms with Gasteiger partial charge in [-0.15, -0.1) is 10.2 Å². The van der Waals surface area contributed by atoms with E-state index in [0.717, 1.165) is 27.6 Å². The smallest absolute Gasteiger partial charge is 0.273 e. The first-order valence-corrected chi connectivity index (χ1v) is 9.80. The molecule has 5 rings (SSSR count). The zero-order valence-corrected chi connectivity index (χ0v) is 16.2. The van der Waals surface area contributed by atoms with Gasteiger partial charge in [0.15, 0.2) is 16.7 Å². The summed E-state index contributed by atoms with van der Waals surface area (Å²) < 4.78 is 6.25. The molecule has 1 aliphatic rings. The highest BCUT2D eigenvalue weighted by molar-refractivity contribution is 7.09. The summed E-state index contributed by atoms with van der Waals surface area (Å²) in [6.07, 6.45) is 0. The van der Waals surface area contributed by atoms with Gasteiger partial charge in [0.05, 0.1) is 11.6 Å². The highest BCUT2D eigenvalue weighted by Gasteiger charge is 2.33. The number of amides is 1. The van der Waals surface area contributed by atoms with Crippen molar-refractivity contribution >= 4 is 28.3 Å². The molecule has 8 nitrogen and oxygen atoms in total. The predicted molar refractivity (Wildman–Crippen MR) is 105 cm³/mol. The van der Waals surface area contributed by atoms with Crippen molar-refractivity contribution in [3.05, 3.63) is 53.7 Å². The fourth-order valence-corrected chi connectivity index (χ4v) is 4.21. The van der Waals surface area contributed by atoms with Crippen LogP contribution in [0.15, 0.2) is 36.4 Å². The number of hydrogen-bond acceptors (Lipinski definition) is 7. The van der Waals surface area contributed by atoms with Gasteiger partial charge in [-0.3, -0.25) is 4.79 Å². The largest absolute Gasteiger partial charge is 0.326 e. The van der Waals surface area contributed by atoms with Crippen LogP contribution in [0.4, 0.5) is 0 Å². The van der Waals surface area contributed by atoms with Crippen molar-refractivity contribution in [1.82, 2.24) is 34.0 Å². The number of hydrogen-bond donors (Lipinski definition) is 0. The molecule has 4 aromatic rings. The molecule has 0 bridgehead atoms. The van der Waals surface area contributed by atoms with Crippen molar-refractivity contribution in [1.29, 1.82) is 0 Å². The van der Waals surface area contributed by atoms with E-state index in [2.05, 4.69) is 24.5 Å². The van der Waals surface area contributed by atoms with Gasteiger partial charge in [-0.1, -0.05) is 24.3 Å². The SMILES string of the molecule is Cc1nsc(-c2nnc3n2CCN(C(=O)c2ccc4ccccc4n2)[C@@H]3C)n1. The van der Waals surface area contributed by atoms with Gasteiger partial charge in [-0.05, 0) is 37.5 Å². The second-order valence-corrected chi connectivity index (χ2v) is 7.50. The van der Waals surface area contributed by atoms with Gasteiger partial charge in [0.1, 0.15) is 11.5 Å². The normalized spacial score (nSPS) is 16.4. The molecule has 0 saturated carbocycles. The molecule has 1 aliphatic heterocycles. The Kier molecular flexibility index (Phi) is 3.90. The number of carbonyl (C=O) groups is 1. The first-order chi connectivity index (χ1) is 13.6. The Hall–Kier alpha value is -3.20. The van der Waals surface area contributed by atoms with Crippen LogP contribution >= 0.6 is 11.5 Å². The lowest BCUT2D eigenvalue weighted by Crippen LogP contribution is -2.41. The molecule has 1 atom stereocenters. The summed E-state index contributed by atoms with van der Waals surface area (Å²) in [5.41, 5.74) is 1.26. The maximum Gasteiger partial charge on any atom is 0.273 e. The topological polar surface area (TPSA) is 89.7 Å². The number of fused-ring (bicyclic) bond motifs is 2. The van der Waals surface area contributed by atoms with E-state index in [1.807, 2.05) is 48.7 Å². The van der Waals surface area contributed by atoms with Crippen LogP contribution in [0.1, 0.15) is 35.1 Å². The highest BCUT2D eigenvalue weighted by atomic mass is 32.1. The zero-order valence-electron chi connectivity index (χ0n) is 15.4. The van der Waals surface area contributed by atoms with E-state index in [4.69, 9.17) is 0 Å². The Balaban J connectivity index is 1.46. The molecule has 4 heterocycles. The minimum Gasteiger partial charge on any atom is -0.326 e. The van der Waals surface area contributed by atoms with Crippen LogP contribution in [0.5, 0.6) is 0 Å². The Labute approximate surface area is 165 Å². The summed E-state index contributed by atoms with van der Waals surface area (Å²) in [6.45, 7) is 4.99. The fraction of sp³-hybridized carbons (Fsp3) is 0.263. The molecular weight excluding hydrogens is 374 g/mol. The van der Waals surface area contributed by atoms with E-state index in [-0.39, 0.29) is 11.9 Å². The van der Waals surface area contributed by atoms with Crippen LogP contribution in [0.2, 0.25) is 0 Å².